The highest BCUT2D eigenvalue weighted by Crippen LogP contribution is 2.24. The molecule has 1 aromatic rings. The van der Waals surface area contributed by atoms with Crippen LogP contribution in [0.3, 0.4) is 0 Å². The lowest BCUT2D eigenvalue weighted by molar-refractivity contribution is 0.0130. The van der Waals surface area contributed by atoms with Crippen molar-refractivity contribution in [2.45, 2.75) is 52.3 Å². The highest BCUT2D eigenvalue weighted by atomic mass is 16.6. The Morgan fingerprint density at radius 1 is 1.27 bits per heavy atom. The number of carbonyl (C=O) groups excluding carboxylic acids is 1. The summed E-state index contributed by atoms with van der Waals surface area (Å²) in [6.45, 7) is 11.2. The number of hydrogen-bond donors (Lipinski definition) is 1. The number of pyridine rings is 1. The van der Waals surface area contributed by atoms with Crippen LogP contribution in [0.5, 0.6) is 0 Å². The Bertz CT molecular complexity index is 524. The third kappa shape index (κ3) is 3.81. The molecule has 2 N–H and O–H groups in total. The third-order valence-corrected chi connectivity index (χ3v) is 3.72. The van der Waals surface area contributed by atoms with Gasteiger partial charge in [0, 0.05) is 25.2 Å². The van der Waals surface area contributed by atoms with Crippen molar-refractivity contribution >= 4 is 17.6 Å². The van der Waals surface area contributed by atoms with Gasteiger partial charge in [-0.05, 0) is 46.8 Å². The van der Waals surface area contributed by atoms with Gasteiger partial charge in [0.15, 0.2) is 0 Å². The van der Waals surface area contributed by atoms with Crippen LogP contribution < -0.4 is 10.6 Å². The molecule has 22 heavy (non-hydrogen) atoms. The van der Waals surface area contributed by atoms with Crippen LogP contribution in [0.1, 0.15) is 34.6 Å². The first-order valence-electron chi connectivity index (χ1n) is 7.65. The summed E-state index contributed by atoms with van der Waals surface area (Å²) < 4.78 is 5.49. The molecule has 2 rings (SSSR count). The van der Waals surface area contributed by atoms with Gasteiger partial charge in [0.25, 0.3) is 0 Å². The second-order valence-corrected chi connectivity index (χ2v) is 6.92. The smallest absolute Gasteiger partial charge is 0.410 e. The van der Waals surface area contributed by atoms with Crippen molar-refractivity contribution in [1.29, 1.82) is 0 Å². The number of piperazine rings is 1. The minimum atomic E-state index is -0.474. The van der Waals surface area contributed by atoms with Crippen LogP contribution >= 0.6 is 0 Å². The minimum Gasteiger partial charge on any atom is -0.444 e. The number of nitrogens with zero attached hydrogens (tertiary/aromatic N) is 3. The summed E-state index contributed by atoms with van der Waals surface area (Å²) >= 11 is 0. The van der Waals surface area contributed by atoms with Crippen LogP contribution in [-0.2, 0) is 4.74 Å². The molecule has 1 fully saturated rings. The van der Waals surface area contributed by atoms with E-state index in [1.54, 1.807) is 17.2 Å². The Balaban J connectivity index is 2.08. The van der Waals surface area contributed by atoms with E-state index < -0.39 is 5.60 Å². The van der Waals surface area contributed by atoms with Crippen LogP contribution in [-0.4, -0.2) is 46.8 Å². The van der Waals surface area contributed by atoms with E-state index >= 15 is 0 Å². The molecule has 0 aliphatic carbocycles. The topological polar surface area (TPSA) is 71.7 Å². The summed E-state index contributed by atoms with van der Waals surface area (Å²) in [6, 6.07) is 4.03. The summed E-state index contributed by atoms with van der Waals surface area (Å²) in [5.41, 5.74) is 6.19. The molecule has 1 amide bonds. The molecule has 122 valence electrons. The average Bonchev–Trinajstić information content (AvgIpc) is 2.40. The predicted octanol–water partition coefficient (Wildman–Crippen LogP) is 2.50. The van der Waals surface area contributed by atoms with Gasteiger partial charge in [0.1, 0.15) is 11.4 Å². The number of anilines is 2. The fourth-order valence-corrected chi connectivity index (χ4v) is 2.63. The van der Waals surface area contributed by atoms with Gasteiger partial charge in [0.2, 0.25) is 0 Å². The summed E-state index contributed by atoms with van der Waals surface area (Å²) in [5.74, 6) is 0.511. The molecule has 0 bridgehead atoms. The molecular formula is C16H26N4O2. The lowest BCUT2D eigenvalue weighted by Crippen LogP contribution is -2.59. The largest absolute Gasteiger partial charge is 0.444 e. The zero-order valence-corrected chi connectivity index (χ0v) is 14.0. The van der Waals surface area contributed by atoms with E-state index in [1.165, 1.54) is 0 Å². The van der Waals surface area contributed by atoms with Gasteiger partial charge < -0.3 is 20.3 Å². The van der Waals surface area contributed by atoms with E-state index in [-0.39, 0.29) is 18.2 Å². The molecule has 1 aromatic heterocycles. The number of nitrogens with two attached hydrogens (primary N) is 1. The summed E-state index contributed by atoms with van der Waals surface area (Å²) in [4.78, 5) is 20.5. The van der Waals surface area contributed by atoms with Gasteiger partial charge >= 0.3 is 6.09 Å². The van der Waals surface area contributed by atoms with Crippen molar-refractivity contribution in [3.8, 4) is 0 Å². The van der Waals surface area contributed by atoms with Crippen molar-refractivity contribution in [3.05, 3.63) is 18.3 Å². The molecule has 0 spiro atoms. The van der Waals surface area contributed by atoms with E-state index in [1.807, 2.05) is 33.8 Å². The van der Waals surface area contributed by atoms with E-state index in [4.69, 9.17) is 10.5 Å². The lowest BCUT2D eigenvalue weighted by Gasteiger charge is -2.45. The van der Waals surface area contributed by atoms with E-state index in [0.29, 0.717) is 12.4 Å². The monoisotopic (exact) mass is 306 g/mol. The molecule has 0 aromatic carbocycles. The fourth-order valence-electron chi connectivity index (χ4n) is 2.63. The first kappa shape index (κ1) is 16.4. The molecule has 1 aliphatic rings. The maximum absolute atomic E-state index is 12.3. The van der Waals surface area contributed by atoms with Crippen LogP contribution in [0.25, 0.3) is 0 Å². The molecule has 2 unspecified atom stereocenters. The first-order valence-corrected chi connectivity index (χ1v) is 7.65. The number of nitrogen functional groups attached to an aromatic ring is 1. The van der Waals surface area contributed by atoms with E-state index in [9.17, 15) is 4.79 Å². The molecule has 2 heterocycles. The van der Waals surface area contributed by atoms with Crippen LogP contribution in [0.4, 0.5) is 16.3 Å². The minimum absolute atomic E-state index is 0.0728. The fraction of sp³-hybridized carbons (Fsp3) is 0.625. The highest BCUT2D eigenvalue weighted by Gasteiger charge is 2.34. The third-order valence-electron chi connectivity index (χ3n) is 3.72. The summed E-state index contributed by atoms with van der Waals surface area (Å²) in [7, 11) is 0. The lowest BCUT2D eigenvalue weighted by atomic mass is 10.1. The molecule has 6 heteroatoms. The Morgan fingerprint density at radius 2 is 1.95 bits per heavy atom. The molecule has 6 nitrogen and oxygen atoms in total. The normalized spacial score (nSPS) is 22.6. The van der Waals surface area contributed by atoms with E-state index in [2.05, 4.69) is 16.8 Å². The van der Waals surface area contributed by atoms with Gasteiger partial charge in [0.05, 0.1) is 11.9 Å². The Kier molecular flexibility index (Phi) is 4.49. The van der Waals surface area contributed by atoms with Gasteiger partial charge in [-0.25, -0.2) is 9.78 Å². The molecular weight excluding hydrogens is 280 g/mol. The molecule has 1 aliphatic heterocycles. The van der Waals surface area contributed by atoms with Gasteiger partial charge in [-0.1, -0.05) is 0 Å². The molecule has 2 atom stereocenters. The van der Waals surface area contributed by atoms with Crippen LogP contribution in [0, 0.1) is 0 Å². The van der Waals surface area contributed by atoms with Gasteiger partial charge in [-0.3, -0.25) is 0 Å². The standard InChI is InChI=1S/C16H26N4O2/c1-11-10-20(15(21)22-16(3,4)5)12(2)9-19(11)13-6-7-14(17)18-8-13/h6-8,11-12H,9-10H2,1-5H3,(H2,17,18). The predicted molar refractivity (Wildman–Crippen MR) is 87.9 cm³/mol. The number of ether oxygens (including phenoxy) is 1. The van der Waals surface area contributed by atoms with Crippen molar-refractivity contribution in [3.63, 3.8) is 0 Å². The first-order chi connectivity index (χ1) is 10.2. The van der Waals surface area contributed by atoms with Crippen molar-refractivity contribution in [2.24, 2.45) is 0 Å². The SMILES string of the molecule is CC1CN(c2ccc(N)nc2)C(C)CN1C(=O)OC(C)(C)C. The Labute approximate surface area is 132 Å². The Morgan fingerprint density at radius 3 is 2.50 bits per heavy atom. The molecule has 0 radical (unpaired) electrons. The van der Waals surface area contributed by atoms with Crippen molar-refractivity contribution in [1.82, 2.24) is 9.88 Å². The number of rotatable bonds is 1. The summed E-state index contributed by atoms with van der Waals surface area (Å²) in [6.07, 6.45) is 1.53. The van der Waals surface area contributed by atoms with Crippen LogP contribution in [0.15, 0.2) is 18.3 Å². The quantitative estimate of drug-likeness (QED) is 0.863. The Hall–Kier alpha value is -1.98. The average molecular weight is 306 g/mol. The second kappa shape index (κ2) is 6.02. The van der Waals surface area contributed by atoms with Gasteiger partial charge in [-0.2, -0.15) is 0 Å². The molecule has 0 saturated carbocycles. The van der Waals surface area contributed by atoms with Crippen molar-refractivity contribution < 1.29 is 9.53 Å². The number of amides is 1. The summed E-state index contributed by atoms with van der Waals surface area (Å²) in [5, 5.41) is 0. The maximum Gasteiger partial charge on any atom is 0.410 e. The number of carbonyl (C=O) groups is 1. The molecule has 1 saturated heterocycles. The highest BCUT2D eigenvalue weighted by molar-refractivity contribution is 5.69. The number of hydrogen-bond acceptors (Lipinski definition) is 5. The maximum atomic E-state index is 12.3. The van der Waals surface area contributed by atoms with Crippen molar-refractivity contribution in [2.75, 3.05) is 23.7 Å². The van der Waals surface area contributed by atoms with E-state index in [0.717, 1.165) is 12.2 Å². The van der Waals surface area contributed by atoms with Gasteiger partial charge in [-0.15, -0.1) is 0 Å². The zero-order valence-electron chi connectivity index (χ0n) is 14.0. The zero-order chi connectivity index (χ0) is 16.5. The number of aromatic nitrogens is 1. The van der Waals surface area contributed by atoms with Crippen LogP contribution in [0.2, 0.25) is 0 Å². The second-order valence-electron chi connectivity index (χ2n) is 6.92.